The van der Waals surface area contributed by atoms with E-state index in [0.717, 1.165) is 57.9 Å². The topological polar surface area (TPSA) is 63.5 Å². The molecule has 2 rings (SSSR count). The van der Waals surface area contributed by atoms with Gasteiger partial charge in [-0.2, -0.15) is 5.10 Å². The molecule has 7 heteroatoms. The fourth-order valence-corrected chi connectivity index (χ4v) is 2.72. The Labute approximate surface area is 162 Å². The Morgan fingerprint density at radius 2 is 2.38 bits per heavy atom. The Hall–Kier alpha value is -0.830. The summed E-state index contributed by atoms with van der Waals surface area (Å²) in [5, 5.41) is 11.2. The van der Waals surface area contributed by atoms with Crippen molar-refractivity contribution in [3.63, 3.8) is 0 Å². The van der Waals surface area contributed by atoms with E-state index >= 15 is 0 Å². The summed E-state index contributed by atoms with van der Waals surface area (Å²) < 4.78 is 7.74. The van der Waals surface area contributed by atoms with Crippen LogP contribution in [0.2, 0.25) is 0 Å². The molecule has 2 atom stereocenters. The maximum absolute atomic E-state index is 5.75. The first-order chi connectivity index (χ1) is 11.2. The highest BCUT2D eigenvalue weighted by atomic mass is 127. The summed E-state index contributed by atoms with van der Waals surface area (Å²) in [5.41, 5.74) is 1.20. The summed E-state index contributed by atoms with van der Waals surface area (Å²) in [6.45, 7) is 9.90. The molecule has 1 aliphatic rings. The van der Waals surface area contributed by atoms with Gasteiger partial charge in [-0.05, 0) is 45.1 Å². The molecule has 0 aliphatic carbocycles. The summed E-state index contributed by atoms with van der Waals surface area (Å²) in [7, 11) is 0. The van der Waals surface area contributed by atoms with Crippen molar-refractivity contribution in [1.82, 2.24) is 20.4 Å². The number of nitrogens with zero attached hydrogens (tertiary/aromatic N) is 3. The molecule has 1 fully saturated rings. The quantitative estimate of drug-likeness (QED) is 0.277. The lowest BCUT2D eigenvalue weighted by molar-refractivity contribution is 0.0890. The largest absolute Gasteiger partial charge is 0.376 e. The minimum absolute atomic E-state index is 0. The third-order valence-corrected chi connectivity index (χ3v) is 4.00. The van der Waals surface area contributed by atoms with Gasteiger partial charge >= 0.3 is 0 Å². The van der Waals surface area contributed by atoms with Crippen LogP contribution in [0.5, 0.6) is 0 Å². The monoisotopic (exact) mass is 449 g/mol. The van der Waals surface area contributed by atoms with Crippen LogP contribution in [-0.2, 0) is 11.3 Å². The number of guanidine groups is 1. The Bertz CT molecular complexity index is 485. The summed E-state index contributed by atoms with van der Waals surface area (Å²) in [6, 6.07) is 0.286. The highest BCUT2D eigenvalue weighted by Crippen LogP contribution is 2.15. The first-order valence-electron chi connectivity index (χ1n) is 8.84. The van der Waals surface area contributed by atoms with Gasteiger partial charge in [0, 0.05) is 32.4 Å². The zero-order valence-electron chi connectivity index (χ0n) is 15.1. The van der Waals surface area contributed by atoms with Crippen molar-refractivity contribution in [1.29, 1.82) is 0 Å². The molecule has 0 radical (unpaired) electrons. The van der Waals surface area contributed by atoms with Crippen molar-refractivity contribution in [2.24, 2.45) is 4.99 Å². The standard InChI is InChI=1S/C17H31N5O.HI/c1-4-8-18-17(21-15(3)16-7-5-11-23-16)19-9-6-10-22-13-14(2)12-20-22;/h12-13,15-16H,4-11H2,1-3H3,(H2,18,19,21);1H. The molecule has 138 valence electrons. The smallest absolute Gasteiger partial charge is 0.191 e. The van der Waals surface area contributed by atoms with Crippen molar-refractivity contribution in [3.8, 4) is 0 Å². The van der Waals surface area contributed by atoms with Crippen molar-refractivity contribution in [3.05, 3.63) is 18.0 Å². The SMILES string of the molecule is CCCN=C(NCCCn1cc(C)cn1)NC(C)C1CCCO1.I. The van der Waals surface area contributed by atoms with Crippen molar-refractivity contribution in [2.75, 3.05) is 19.7 Å². The van der Waals surface area contributed by atoms with Gasteiger partial charge in [0.25, 0.3) is 0 Å². The van der Waals surface area contributed by atoms with Gasteiger partial charge in [-0.25, -0.2) is 0 Å². The Kier molecular flexibility index (Phi) is 10.3. The number of aryl methyl sites for hydroxylation is 2. The Morgan fingerprint density at radius 3 is 3.00 bits per heavy atom. The summed E-state index contributed by atoms with van der Waals surface area (Å²) in [6.07, 6.45) is 8.63. The minimum Gasteiger partial charge on any atom is -0.376 e. The third-order valence-electron chi connectivity index (χ3n) is 4.00. The van der Waals surface area contributed by atoms with Gasteiger partial charge in [0.05, 0.1) is 18.3 Å². The van der Waals surface area contributed by atoms with Crippen LogP contribution in [0, 0.1) is 6.92 Å². The van der Waals surface area contributed by atoms with Crippen LogP contribution in [0.3, 0.4) is 0 Å². The maximum Gasteiger partial charge on any atom is 0.191 e. The molecule has 1 aliphatic heterocycles. The normalized spacial score (nSPS) is 19.0. The number of aromatic nitrogens is 2. The fraction of sp³-hybridized carbons (Fsp3) is 0.765. The van der Waals surface area contributed by atoms with Gasteiger partial charge in [-0.3, -0.25) is 9.67 Å². The number of hydrogen-bond donors (Lipinski definition) is 2. The number of aliphatic imine (C=N–C) groups is 1. The van der Waals surface area contributed by atoms with E-state index in [4.69, 9.17) is 4.74 Å². The zero-order chi connectivity index (χ0) is 16.5. The lowest BCUT2D eigenvalue weighted by Gasteiger charge is -2.22. The van der Waals surface area contributed by atoms with Gasteiger partial charge in [0.2, 0.25) is 0 Å². The Balaban J connectivity index is 0.00000288. The second-order valence-electron chi connectivity index (χ2n) is 6.28. The van der Waals surface area contributed by atoms with E-state index in [1.54, 1.807) is 0 Å². The number of halogens is 1. The van der Waals surface area contributed by atoms with E-state index in [0.29, 0.717) is 6.10 Å². The van der Waals surface area contributed by atoms with Crippen molar-refractivity contribution in [2.45, 2.75) is 65.1 Å². The molecule has 6 nitrogen and oxygen atoms in total. The number of hydrogen-bond acceptors (Lipinski definition) is 3. The summed E-state index contributed by atoms with van der Waals surface area (Å²) >= 11 is 0. The van der Waals surface area contributed by atoms with Crippen LogP contribution >= 0.6 is 24.0 Å². The average molecular weight is 449 g/mol. The van der Waals surface area contributed by atoms with Crippen molar-refractivity contribution < 1.29 is 4.74 Å². The molecule has 0 aromatic carbocycles. The molecule has 1 aromatic rings. The first-order valence-corrected chi connectivity index (χ1v) is 8.84. The number of ether oxygens (including phenoxy) is 1. The highest BCUT2D eigenvalue weighted by Gasteiger charge is 2.22. The van der Waals surface area contributed by atoms with Crippen LogP contribution < -0.4 is 10.6 Å². The lowest BCUT2D eigenvalue weighted by atomic mass is 10.1. The van der Waals surface area contributed by atoms with E-state index in [1.165, 1.54) is 5.56 Å². The number of nitrogens with one attached hydrogen (secondary N) is 2. The van der Waals surface area contributed by atoms with Crippen LogP contribution in [-0.4, -0.2) is 47.6 Å². The third kappa shape index (κ3) is 7.38. The summed E-state index contributed by atoms with van der Waals surface area (Å²) in [4.78, 5) is 4.62. The molecule has 24 heavy (non-hydrogen) atoms. The van der Waals surface area contributed by atoms with E-state index in [9.17, 15) is 0 Å². The molecular weight excluding hydrogens is 417 g/mol. The molecule has 0 saturated carbocycles. The zero-order valence-corrected chi connectivity index (χ0v) is 17.5. The predicted octanol–water partition coefficient (Wildman–Crippen LogP) is 2.71. The second kappa shape index (κ2) is 11.7. The molecule has 2 unspecified atom stereocenters. The molecule has 0 spiro atoms. The van der Waals surface area contributed by atoms with Gasteiger partial charge in [-0.1, -0.05) is 6.92 Å². The molecular formula is C17H32IN5O. The highest BCUT2D eigenvalue weighted by molar-refractivity contribution is 14.0. The van der Waals surface area contributed by atoms with Crippen molar-refractivity contribution >= 4 is 29.9 Å². The van der Waals surface area contributed by atoms with Gasteiger partial charge in [-0.15, -0.1) is 24.0 Å². The van der Waals surface area contributed by atoms with Crippen LogP contribution in [0.4, 0.5) is 0 Å². The Morgan fingerprint density at radius 1 is 1.54 bits per heavy atom. The lowest BCUT2D eigenvalue weighted by Crippen LogP contribution is -2.47. The average Bonchev–Trinajstić information content (AvgIpc) is 3.20. The molecule has 0 bridgehead atoms. The fourth-order valence-electron chi connectivity index (χ4n) is 2.72. The van der Waals surface area contributed by atoms with E-state index < -0.39 is 0 Å². The van der Waals surface area contributed by atoms with Crippen LogP contribution in [0.15, 0.2) is 17.4 Å². The van der Waals surface area contributed by atoms with E-state index in [-0.39, 0.29) is 30.0 Å². The van der Waals surface area contributed by atoms with Gasteiger partial charge < -0.3 is 15.4 Å². The maximum atomic E-state index is 5.75. The van der Waals surface area contributed by atoms with Crippen LogP contribution in [0.25, 0.3) is 0 Å². The minimum atomic E-state index is 0. The predicted molar refractivity (Wildman–Crippen MR) is 109 cm³/mol. The van der Waals surface area contributed by atoms with Crippen LogP contribution in [0.1, 0.15) is 45.1 Å². The molecule has 1 aromatic heterocycles. The molecule has 0 amide bonds. The van der Waals surface area contributed by atoms with E-state index in [2.05, 4.69) is 47.7 Å². The molecule has 1 saturated heterocycles. The number of rotatable bonds is 8. The molecule has 2 N–H and O–H groups in total. The first kappa shape index (κ1) is 21.2. The van der Waals surface area contributed by atoms with Gasteiger partial charge in [0.15, 0.2) is 5.96 Å². The molecule has 2 heterocycles. The second-order valence-corrected chi connectivity index (χ2v) is 6.28. The summed E-state index contributed by atoms with van der Waals surface area (Å²) in [5.74, 6) is 0.895. The van der Waals surface area contributed by atoms with Gasteiger partial charge in [0.1, 0.15) is 0 Å². The van der Waals surface area contributed by atoms with E-state index in [1.807, 2.05) is 10.9 Å².